The minimum absolute atomic E-state index is 0.485. The van der Waals surface area contributed by atoms with Crippen molar-refractivity contribution in [2.75, 3.05) is 30.5 Å². The Kier molecular flexibility index (Phi) is 5.55. The topological polar surface area (TPSA) is 79.8 Å². The first-order valence-corrected chi connectivity index (χ1v) is 10.4. The van der Waals surface area contributed by atoms with E-state index in [0.29, 0.717) is 22.8 Å². The molecule has 2 aromatic heterocycles. The average Bonchev–Trinajstić information content (AvgIpc) is 2.46. The summed E-state index contributed by atoms with van der Waals surface area (Å²) in [7, 11) is -2.49. The van der Waals surface area contributed by atoms with E-state index in [4.69, 9.17) is 0 Å². The quantitative estimate of drug-likeness (QED) is 0.575. The van der Waals surface area contributed by atoms with E-state index in [1.807, 2.05) is 6.92 Å². The lowest BCUT2D eigenvalue weighted by molar-refractivity contribution is 0.588. The summed E-state index contributed by atoms with van der Waals surface area (Å²) >= 11 is 3.43. The highest BCUT2D eigenvalue weighted by molar-refractivity contribution is 9.10. The van der Waals surface area contributed by atoms with E-state index in [-0.39, 0.29) is 0 Å². The van der Waals surface area contributed by atoms with Crippen molar-refractivity contribution in [3.05, 3.63) is 41.3 Å². The van der Waals surface area contributed by atoms with Gasteiger partial charge in [0.1, 0.15) is 13.0 Å². The second-order valence-corrected chi connectivity index (χ2v) is 9.33. The van der Waals surface area contributed by atoms with E-state index in [9.17, 15) is 4.57 Å². The molecule has 0 fully saturated rings. The molecule has 0 aliphatic carbocycles. The number of hydrogen-bond acceptors (Lipinski definition) is 6. The molecule has 2 heterocycles. The van der Waals surface area contributed by atoms with Crippen LogP contribution in [0.5, 0.6) is 0 Å². The Hall–Kier alpha value is -1.72. The maximum absolute atomic E-state index is 12.6. The zero-order valence-electron chi connectivity index (χ0n) is 13.3. The third kappa shape index (κ3) is 4.39. The molecule has 0 atom stereocenters. The van der Waals surface area contributed by atoms with E-state index in [2.05, 4.69) is 48.1 Å². The van der Waals surface area contributed by atoms with Gasteiger partial charge in [-0.05, 0) is 42.2 Å². The van der Waals surface area contributed by atoms with Crippen LogP contribution in [0.15, 0.2) is 35.6 Å². The molecule has 0 spiro atoms. The van der Waals surface area contributed by atoms with Crippen LogP contribution in [0.4, 0.5) is 17.5 Å². The molecular weight excluding hydrogens is 377 g/mol. The summed E-state index contributed by atoms with van der Waals surface area (Å²) in [6.45, 7) is 9.53. The Morgan fingerprint density at radius 1 is 1.39 bits per heavy atom. The van der Waals surface area contributed by atoms with Crippen molar-refractivity contribution in [3.8, 4) is 0 Å². The van der Waals surface area contributed by atoms with Crippen molar-refractivity contribution < 1.29 is 4.57 Å². The molecule has 2 N–H and O–H groups in total. The number of aryl methyl sites for hydroxylation is 1. The highest BCUT2D eigenvalue weighted by atomic mass is 79.9. The Labute approximate surface area is 144 Å². The summed E-state index contributed by atoms with van der Waals surface area (Å²) in [5, 5.41) is 6.99. The standard InChI is InChI=1S/C15H19BrN5OP/c1-5-7-18-15-19-9-11(16)14(21-15)20-12-6-8-17-10(2)13(12)23(3,4)22/h5-6,8-9H,1,7H2,2-4H3,(H2,17,18,19,20,21). The molecule has 0 aliphatic rings. The molecule has 2 aromatic rings. The molecule has 23 heavy (non-hydrogen) atoms. The number of nitrogens with zero attached hydrogens (tertiary/aromatic N) is 3. The van der Waals surface area contributed by atoms with Crippen LogP contribution in [0.3, 0.4) is 0 Å². The minimum atomic E-state index is -2.49. The monoisotopic (exact) mass is 395 g/mol. The summed E-state index contributed by atoms with van der Waals surface area (Å²) in [4.78, 5) is 12.9. The number of hydrogen-bond donors (Lipinski definition) is 2. The van der Waals surface area contributed by atoms with Gasteiger partial charge in [-0.25, -0.2) is 4.98 Å². The highest BCUT2D eigenvalue weighted by Gasteiger charge is 2.20. The van der Waals surface area contributed by atoms with Crippen molar-refractivity contribution in [3.63, 3.8) is 0 Å². The zero-order chi connectivity index (χ0) is 17.0. The first-order valence-electron chi connectivity index (χ1n) is 6.98. The number of nitrogens with one attached hydrogen (secondary N) is 2. The van der Waals surface area contributed by atoms with Crippen molar-refractivity contribution >= 4 is 45.8 Å². The van der Waals surface area contributed by atoms with Gasteiger partial charge in [-0.1, -0.05) is 6.08 Å². The number of aromatic nitrogens is 3. The minimum Gasteiger partial charge on any atom is -0.351 e. The molecule has 0 saturated heterocycles. The predicted octanol–water partition coefficient (Wildman–Crippen LogP) is 3.53. The van der Waals surface area contributed by atoms with Crippen LogP contribution in [0.25, 0.3) is 0 Å². The molecule has 0 bridgehead atoms. The summed E-state index contributed by atoms with van der Waals surface area (Å²) in [5.74, 6) is 1.07. The van der Waals surface area contributed by atoms with Gasteiger partial charge < -0.3 is 15.2 Å². The number of halogens is 1. The van der Waals surface area contributed by atoms with Gasteiger partial charge in [0.05, 0.1) is 21.2 Å². The second kappa shape index (κ2) is 7.23. The van der Waals surface area contributed by atoms with Gasteiger partial charge in [0.2, 0.25) is 5.95 Å². The van der Waals surface area contributed by atoms with Crippen molar-refractivity contribution in [1.82, 2.24) is 15.0 Å². The van der Waals surface area contributed by atoms with E-state index in [1.165, 1.54) is 0 Å². The Bertz CT molecular complexity index is 774. The molecule has 0 aliphatic heterocycles. The summed E-state index contributed by atoms with van der Waals surface area (Å²) in [6, 6.07) is 1.80. The molecule has 2 rings (SSSR count). The summed E-state index contributed by atoms with van der Waals surface area (Å²) in [5.41, 5.74) is 1.48. The first-order chi connectivity index (χ1) is 10.8. The number of pyridine rings is 1. The lowest BCUT2D eigenvalue weighted by atomic mass is 10.3. The summed E-state index contributed by atoms with van der Waals surface area (Å²) in [6.07, 6.45) is 5.07. The normalized spacial score (nSPS) is 11.1. The fourth-order valence-corrected chi connectivity index (χ4v) is 4.01. The largest absolute Gasteiger partial charge is 0.351 e. The lowest BCUT2D eigenvalue weighted by Crippen LogP contribution is -2.15. The van der Waals surface area contributed by atoms with Crippen molar-refractivity contribution in [1.29, 1.82) is 0 Å². The summed E-state index contributed by atoms with van der Waals surface area (Å²) < 4.78 is 13.3. The van der Waals surface area contributed by atoms with Gasteiger partial charge in [-0.3, -0.25) is 4.98 Å². The molecule has 0 aromatic carbocycles. The van der Waals surface area contributed by atoms with Gasteiger partial charge in [0.25, 0.3) is 0 Å². The van der Waals surface area contributed by atoms with Crippen LogP contribution >= 0.6 is 23.1 Å². The second-order valence-electron chi connectivity index (χ2n) is 5.33. The third-order valence-corrected chi connectivity index (χ3v) is 5.27. The van der Waals surface area contributed by atoms with Crippen LogP contribution in [-0.4, -0.2) is 34.8 Å². The highest BCUT2D eigenvalue weighted by Crippen LogP contribution is 2.39. The smallest absolute Gasteiger partial charge is 0.224 e. The Balaban J connectivity index is 2.42. The van der Waals surface area contributed by atoms with E-state index in [0.717, 1.165) is 16.7 Å². The average molecular weight is 396 g/mol. The predicted molar refractivity (Wildman–Crippen MR) is 99.8 cm³/mol. The SMILES string of the molecule is C=CCNc1ncc(Br)c(Nc2ccnc(C)c2P(C)(C)=O)n1. The third-order valence-electron chi connectivity index (χ3n) is 3.05. The fraction of sp³-hybridized carbons (Fsp3) is 0.267. The van der Waals surface area contributed by atoms with Crippen LogP contribution in [0.1, 0.15) is 5.69 Å². The van der Waals surface area contributed by atoms with Gasteiger partial charge in [-0.2, -0.15) is 4.98 Å². The Morgan fingerprint density at radius 3 is 2.78 bits per heavy atom. The molecule has 8 heteroatoms. The van der Waals surface area contributed by atoms with Gasteiger partial charge >= 0.3 is 0 Å². The van der Waals surface area contributed by atoms with Crippen LogP contribution in [0.2, 0.25) is 0 Å². The van der Waals surface area contributed by atoms with Gasteiger partial charge in [-0.15, -0.1) is 6.58 Å². The first kappa shape index (κ1) is 17.6. The van der Waals surface area contributed by atoms with Crippen LogP contribution in [-0.2, 0) is 4.57 Å². The molecular formula is C15H19BrN5OP. The van der Waals surface area contributed by atoms with Gasteiger partial charge in [0.15, 0.2) is 0 Å². The Morgan fingerprint density at radius 2 is 2.13 bits per heavy atom. The molecule has 0 unspecified atom stereocenters. The molecule has 122 valence electrons. The van der Waals surface area contributed by atoms with Crippen LogP contribution in [0, 0.1) is 6.92 Å². The van der Waals surface area contributed by atoms with Crippen LogP contribution < -0.4 is 15.9 Å². The zero-order valence-corrected chi connectivity index (χ0v) is 15.8. The fourth-order valence-electron chi connectivity index (χ4n) is 2.17. The molecule has 0 amide bonds. The molecule has 0 saturated carbocycles. The van der Waals surface area contributed by atoms with Crippen molar-refractivity contribution in [2.24, 2.45) is 0 Å². The molecule has 6 nitrogen and oxygen atoms in total. The van der Waals surface area contributed by atoms with E-state index in [1.54, 1.807) is 37.9 Å². The maximum Gasteiger partial charge on any atom is 0.224 e. The van der Waals surface area contributed by atoms with Crippen molar-refractivity contribution in [2.45, 2.75) is 6.92 Å². The number of anilines is 3. The van der Waals surface area contributed by atoms with E-state index >= 15 is 0 Å². The molecule has 0 radical (unpaired) electrons. The van der Waals surface area contributed by atoms with E-state index < -0.39 is 7.14 Å². The number of rotatable bonds is 6. The lowest BCUT2D eigenvalue weighted by Gasteiger charge is -2.17. The maximum atomic E-state index is 12.6. The van der Waals surface area contributed by atoms with Gasteiger partial charge in [0, 0.05) is 18.9 Å².